The Morgan fingerprint density at radius 2 is 1.97 bits per heavy atom. The second kappa shape index (κ2) is 8.45. The first-order chi connectivity index (χ1) is 14.1. The molecule has 0 saturated heterocycles. The molecule has 29 heavy (non-hydrogen) atoms. The molecule has 2 N–H and O–H groups in total. The second-order valence-electron chi connectivity index (χ2n) is 6.83. The molecular weight excluding hydrogens is 389 g/mol. The van der Waals surface area contributed by atoms with Gasteiger partial charge in [-0.3, -0.25) is 4.79 Å². The predicted molar refractivity (Wildman–Crippen MR) is 113 cm³/mol. The van der Waals surface area contributed by atoms with E-state index >= 15 is 0 Å². The van der Waals surface area contributed by atoms with Crippen molar-refractivity contribution in [1.82, 2.24) is 15.3 Å². The number of amides is 1. The average molecular weight is 408 g/mol. The fourth-order valence-electron chi connectivity index (χ4n) is 3.32. The Bertz CT molecular complexity index is 1170. The number of nitrogens with zero attached hydrogens (tertiary/aromatic N) is 1. The molecule has 4 aromatic rings. The zero-order chi connectivity index (χ0) is 20.2. The van der Waals surface area contributed by atoms with Crippen LogP contribution >= 0.6 is 11.6 Å². The summed E-state index contributed by atoms with van der Waals surface area (Å²) in [6, 6.07) is 17.4. The third kappa shape index (κ3) is 4.63. The molecule has 2 aromatic heterocycles. The summed E-state index contributed by atoms with van der Waals surface area (Å²) in [6.07, 6.45) is 3.08. The van der Waals surface area contributed by atoms with Crippen LogP contribution < -0.4 is 5.32 Å². The van der Waals surface area contributed by atoms with Crippen molar-refractivity contribution in [3.8, 4) is 0 Å². The number of benzene rings is 2. The quantitative estimate of drug-likeness (QED) is 0.476. The molecule has 0 spiro atoms. The van der Waals surface area contributed by atoms with Crippen LogP contribution in [0.25, 0.3) is 10.9 Å². The Morgan fingerprint density at radius 1 is 1.10 bits per heavy atom. The van der Waals surface area contributed by atoms with E-state index in [0.29, 0.717) is 30.1 Å². The highest BCUT2D eigenvalue weighted by Crippen LogP contribution is 2.22. The van der Waals surface area contributed by atoms with Gasteiger partial charge < -0.3 is 10.3 Å². The van der Waals surface area contributed by atoms with E-state index in [-0.39, 0.29) is 11.7 Å². The number of carbonyl (C=O) groups is 1. The van der Waals surface area contributed by atoms with E-state index < -0.39 is 0 Å². The van der Waals surface area contributed by atoms with E-state index in [0.717, 1.165) is 27.7 Å². The van der Waals surface area contributed by atoms with Gasteiger partial charge in [-0.15, -0.1) is 0 Å². The molecule has 0 radical (unpaired) electrons. The van der Waals surface area contributed by atoms with Gasteiger partial charge in [0.05, 0.1) is 0 Å². The fraction of sp³-hybridized carbons (Fsp3) is 0.130. The van der Waals surface area contributed by atoms with Crippen LogP contribution in [0, 0.1) is 5.82 Å². The third-order valence-corrected chi connectivity index (χ3v) is 4.96. The van der Waals surface area contributed by atoms with Crippen LogP contribution in [-0.4, -0.2) is 22.4 Å². The number of pyridine rings is 1. The minimum Gasteiger partial charge on any atom is -0.361 e. The predicted octanol–water partition coefficient (Wildman–Crippen LogP) is 4.92. The molecule has 0 unspecified atom stereocenters. The van der Waals surface area contributed by atoms with Crippen LogP contribution in [0.15, 0.2) is 66.9 Å². The van der Waals surface area contributed by atoms with Crippen molar-refractivity contribution >= 4 is 28.4 Å². The highest BCUT2D eigenvalue weighted by molar-refractivity contribution is 6.31. The van der Waals surface area contributed by atoms with E-state index in [1.807, 2.05) is 36.5 Å². The summed E-state index contributed by atoms with van der Waals surface area (Å²) in [4.78, 5) is 20.1. The number of rotatable bonds is 6. The molecule has 0 aliphatic carbocycles. The topological polar surface area (TPSA) is 57.8 Å². The van der Waals surface area contributed by atoms with Crippen molar-refractivity contribution in [2.45, 2.75) is 12.8 Å². The van der Waals surface area contributed by atoms with Gasteiger partial charge >= 0.3 is 0 Å². The second-order valence-corrected chi connectivity index (χ2v) is 7.27. The van der Waals surface area contributed by atoms with Gasteiger partial charge in [-0.05, 0) is 60.0 Å². The Hall–Kier alpha value is -3.18. The smallest absolute Gasteiger partial charge is 0.269 e. The molecular formula is C23H19ClFN3O. The van der Waals surface area contributed by atoms with E-state index in [1.54, 1.807) is 18.2 Å². The lowest BCUT2D eigenvalue weighted by atomic mass is 10.1. The molecule has 6 heteroatoms. The summed E-state index contributed by atoms with van der Waals surface area (Å²) in [5, 5.41) is 4.65. The zero-order valence-electron chi connectivity index (χ0n) is 15.6. The lowest BCUT2D eigenvalue weighted by molar-refractivity contribution is 0.0949. The Morgan fingerprint density at radius 3 is 2.83 bits per heavy atom. The maximum Gasteiger partial charge on any atom is 0.269 e. The number of fused-ring (bicyclic) bond motifs is 1. The van der Waals surface area contributed by atoms with Crippen molar-refractivity contribution in [1.29, 1.82) is 0 Å². The first kappa shape index (κ1) is 19.2. The van der Waals surface area contributed by atoms with E-state index in [9.17, 15) is 9.18 Å². The van der Waals surface area contributed by atoms with Crippen molar-refractivity contribution in [3.63, 3.8) is 0 Å². The number of hydrogen-bond acceptors (Lipinski definition) is 2. The summed E-state index contributed by atoms with van der Waals surface area (Å²) in [5.74, 6) is -0.515. The number of aromatic nitrogens is 2. The number of nitrogens with one attached hydrogen (secondary N) is 2. The molecule has 146 valence electrons. The maximum atomic E-state index is 13.4. The molecule has 0 saturated carbocycles. The van der Waals surface area contributed by atoms with Gasteiger partial charge in [0.1, 0.15) is 11.5 Å². The lowest BCUT2D eigenvalue weighted by Gasteiger charge is -2.07. The molecule has 1 amide bonds. The van der Waals surface area contributed by atoms with Gasteiger partial charge in [-0.1, -0.05) is 29.8 Å². The minimum atomic E-state index is -0.282. The van der Waals surface area contributed by atoms with Crippen LogP contribution in [0.2, 0.25) is 5.02 Å². The summed E-state index contributed by atoms with van der Waals surface area (Å²) in [6.45, 7) is 0.480. The lowest BCUT2D eigenvalue weighted by Crippen LogP contribution is -2.26. The largest absolute Gasteiger partial charge is 0.361 e. The molecule has 0 aliphatic heterocycles. The number of hydrogen-bond donors (Lipinski definition) is 2. The van der Waals surface area contributed by atoms with Crippen molar-refractivity contribution in [3.05, 3.63) is 100 Å². The van der Waals surface area contributed by atoms with Gasteiger partial charge in [-0.2, -0.15) is 0 Å². The summed E-state index contributed by atoms with van der Waals surface area (Å²) >= 11 is 6.08. The van der Waals surface area contributed by atoms with Gasteiger partial charge in [0.25, 0.3) is 5.91 Å². The third-order valence-electron chi connectivity index (χ3n) is 4.72. The minimum absolute atomic E-state index is 0.232. The average Bonchev–Trinajstić information content (AvgIpc) is 3.10. The standard InChI is InChI=1S/C23H19ClFN3O/c24-17-7-8-21-20(13-17)16(14-27-21)9-10-26-23(29)22-6-2-5-19(28-22)12-15-3-1-4-18(25)11-15/h1-8,11,13-14,27H,9-10,12H2,(H,26,29). The molecule has 4 nitrogen and oxygen atoms in total. The first-order valence-electron chi connectivity index (χ1n) is 9.32. The van der Waals surface area contributed by atoms with Gasteiger partial charge in [0, 0.05) is 40.8 Å². The van der Waals surface area contributed by atoms with Crippen molar-refractivity contribution < 1.29 is 9.18 Å². The van der Waals surface area contributed by atoms with E-state index in [2.05, 4.69) is 15.3 Å². The SMILES string of the molecule is O=C(NCCc1c[nH]c2ccc(Cl)cc12)c1cccc(Cc2cccc(F)c2)n1. The number of H-pyrrole nitrogens is 1. The maximum absolute atomic E-state index is 13.4. The Labute approximate surface area is 172 Å². The highest BCUT2D eigenvalue weighted by atomic mass is 35.5. The van der Waals surface area contributed by atoms with Crippen LogP contribution in [0.1, 0.15) is 27.3 Å². The fourth-order valence-corrected chi connectivity index (χ4v) is 3.49. The molecule has 0 atom stereocenters. The van der Waals surface area contributed by atoms with Crippen LogP contribution in [0.4, 0.5) is 4.39 Å². The van der Waals surface area contributed by atoms with Crippen molar-refractivity contribution in [2.75, 3.05) is 6.54 Å². The van der Waals surface area contributed by atoms with Gasteiger partial charge in [-0.25, -0.2) is 9.37 Å². The van der Waals surface area contributed by atoms with E-state index in [1.165, 1.54) is 12.1 Å². The monoisotopic (exact) mass is 407 g/mol. The Balaban J connectivity index is 1.39. The van der Waals surface area contributed by atoms with Crippen LogP contribution in [0.5, 0.6) is 0 Å². The number of halogens is 2. The molecule has 2 heterocycles. The van der Waals surface area contributed by atoms with Gasteiger partial charge in [0.2, 0.25) is 0 Å². The summed E-state index contributed by atoms with van der Waals surface area (Å²) < 4.78 is 13.4. The number of carbonyl (C=O) groups excluding carboxylic acids is 1. The molecule has 0 bridgehead atoms. The summed E-state index contributed by atoms with van der Waals surface area (Å²) in [5.41, 5.74) is 3.99. The molecule has 0 aliphatic rings. The zero-order valence-corrected chi connectivity index (χ0v) is 16.3. The first-order valence-corrected chi connectivity index (χ1v) is 9.70. The van der Waals surface area contributed by atoms with Gasteiger partial charge in [0.15, 0.2) is 0 Å². The van der Waals surface area contributed by atoms with Crippen LogP contribution in [-0.2, 0) is 12.8 Å². The highest BCUT2D eigenvalue weighted by Gasteiger charge is 2.10. The summed E-state index contributed by atoms with van der Waals surface area (Å²) in [7, 11) is 0. The number of aromatic amines is 1. The molecule has 4 rings (SSSR count). The molecule has 2 aromatic carbocycles. The van der Waals surface area contributed by atoms with Crippen LogP contribution in [0.3, 0.4) is 0 Å². The Kier molecular flexibility index (Phi) is 5.58. The molecule has 0 fully saturated rings. The van der Waals surface area contributed by atoms with E-state index in [4.69, 9.17) is 11.6 Å². The normalized spacial score (nSPS) is 11.0. The van der Waals surface area contributed by atoms with Crippen molar-refractivity contribution in [2.24, 2.45) is 0 Å².